The number of nitrogens with zero attached hydrogens (tertiary/aromatic N) is 1. The third-order valence-corrected chi connectivity index (χ3v) is 3.80. The van der Waals surface area contributed by atoms with Crippen LogP contribution < -0.4 is 5.32 Å². The molecular formula is C14H20N2O2. The van der Waals surface area contributed by atoms with Crippen molar-refractivity contribution in [3.05, 3.63) is 34.9 Å². The highest BCUT2D eigenvalue weighted by atomic mass is 16.3. The van der Waals surface area contributed by atoms with E-state index in [0.29, 0.717) is 13.1 Å². The number of amides is 1. The summed E-state index contributed by atoms with van der Waals surface area (Å²) in [6.45, 7) is 5.15. The van der Waals surface area contributed by atoms with E-state index < -0.39 is 6.10 Å². The Morgan fingerprint density at radius 2 is 2.11 bits per heavy atom. The van der Waals surface area contributed by atoms with E-state index in [9.17, 15) is 9.90 Å². The van der Waals surface area contributed by atoms with Crippen molar-refractivity contribution < 1.29 is 9.90 Å². The van der Waals surface area contributed by atoms with Crippen molar-refractivity contribution in [1.82, 2.24) is 10.2 Å². The Hall–Kier alpha value is -1.39. The van der Waals surface area contributed by atoms with Gasteiger partial charge in [-0.05, 0) is 31.0 Å². The topological polar surface area (TPSA) is 52.6 Å². The number of likely N-dealkylation sites (N-methyl/N-ethyl adjacent to an activating group) is 1. The fourth-order valence-corrected chi connectivity index (χ4v) is 2.37. The average Bonchev–Trinajstić information content (AvgIpc) is 2.77. The van der Waals surface area contributed by atoms with Crippen molar-refractivity contribution in [3.63, 3.8) is 0 Å². The van der Waals surface area contributed by atoms with Crippen LogP contribution in [0, 0.1) is 13.8 Å². The molecule has 1 saturated heterocycles. The van der Waals surface area contributed by atoms with Crippen molar-refractivity contribution in [3.8, 4) is 0 Å². The van der Waals surface area contributed by atoms with Gasteiger partial charge in [-0.2, -0.15) is 0 Å². The number of hydrogen-bond acceptors (Lipinski definition) is 3. The molecule has 2 rings (SSSR count). The lowest BCUT2D eigenvalue weighted by atomic mass is 10.0. The molecule has 0 aromatic heterocycles. The number of carbonyl (C=O) groups excluding carboxylic acids is 1. The Balaban J connectivity index is 2.23. The summed E-state index contributed by atoms with van der Waals surface area (Å²) < 4.78 is 0. The van der Waals surface area contributed by atoms with Crippen LogP contribution in [-0.4, -0.2) is 48.2 Å². The van der Waals surface area contributed by atoms with E-state index in [0.717, 1.165) is 16.7 Å². The molecule has 2 atom stereocenters. The van der Waals surface area contributed by atoms with Gasteiger partial charge in [0.2, 0.25) is 0 Å². The highest BCUT2D eigenvalue weighted by Gasteiger charge is 2.31. The van der Waals surface area contributed by atoms with Gasteiger partial charge < -0.3 is 15.3 Å². The molecule has 0 bridgehead atoms. The molecule has 1 heterocycles. The predicted molar refractivity (Wildman–Crippen MR) is 70.7 cm³/mol. The SMILES string of the molecule is Cc1cccc(C(=O)N(C)[C@H]2CNC[C@@H]2O)c1C. The number of benzene rings is 1. The monoisotopic (exact) mass is 248 g/mol. The standard InChI is InChI=1S/C14H20N2O2/c1-9-5-4-6-11(10(9)2)14(18)16(3)12-7-15-8-13(12)17/h4-6,12-13,15,17H,7-8H2,1-3H3/t12-,13-/m0/s1. The Morgan fingerprint density at radius 3 is 2.72 bits per heavy atom. The molecule has 0 unspecified atom stereocenters. The van der Waals surface area contributed by atoms with Gasteiger partial charge >= 0.3 is 0 Å². The van der Waals surface area contributed by atoms with Crippen LogP contribution in [0.4, 0.5) is 0 Å². The number of carbonyl (C=O) groups is 1. The van der Waals surface area contributed by atoms with Crippen LogP contribution in [0.5, 0.6) is 0 Å². The Labute approximate surface area is 108 Å². The molecular weight excluding hydrogens is 228 g/mol. The van der Waals surface area contributed by atoms with Crippen LogP contribution in [0.15, 0.2) is 18.2 Å². The van der Waals surface area contributed by atoms with Gasteiger partial charge in [0.25, 0.3) is 5.91 Å². The largest absolute Gasteiger partial charge is 0.390 e. The minimum absolute atomic E-state index is 0.0241. The number of aliphatic hydroxyl groups is 1. The third kappa shape index (κ3) is 2.26. The van der Waals surface area contributed by atoms with E-state index in [2.05, 4.69) is 5.32 Å². The summed E-state index contributed by atoms with van der Waals surface area (Å²) in [7, 11) is 1.75. The molecule has 1 aromatic carbocycles. The van der Waals surface area contributed by atoms with E-state index in [-0.39, 0.29) is 11.9 Å². The maximum Gasteiger partial charge on any atom is 0.254 e. The summed E-state index contributed by atoms with van der Waals surface area (Å²) in [4.78, 5) is 14.1. The zero-order chi connectivity index (χ0) is 13.3. The molecule has 0 radical (unpaired) electrons. The molecule has 18 heavy (non-hydrogen) atoms. The molecule has 1 aliphatic heterocycles. The van der Waals surface area contributed by atoms with Crippen LogP contribution >= 0.6 is 0 Å². The minimum Gasteiger partial charge on any atom is -0.390 e. The molecule has 1 fully saturated rings. The Morgan fingerprint density at radius 1 is 1.39 bits per heavy atom. The first-order valence-electron chi connectivity index (χ1n) is 6.24. The average molecular weight is 248 g/mol. The summed E-state index contributed by atoms with van der Waals surface area (Å²) in [6.07, 6.45) is -0.482. The fourth-order valence-electron chi connectivity index (χ4n) is 2.37. The number of rotatable bonds is 2. The van der Waals surface area contributed by atoms with Crippen LogP contribution in [0.3, 0.4) is 0 Å². The molecule has 2 N–H and O–H groups in total. The Bertz CT molecular complexity index is 459. The second-order valence-corrected chi connectivity index (χ2v) is 4.96. The smallest absolute Gasteiger partial charge is 0.254 e. The van der Waals surface area contributed by atoms with E-state index in [1.807, 2.05) is 32.0 Å². The fraction of sp³-hybridized carbons (Fsp3) is 0.500. The van der Waals surface area contributed by atoms with Gasteiger partial charge in [0.05, 0.1) is 12.1 Å². The molecule has 0 saturated carbocycles. The molecule has 4 heteroatoms. The normalized spacial score (nSPS) is 23.1. The zero-order valence-corrected chi connectivity index (χ0v) is 11.1. The van der Waals surface area contributed by atoms with Crippen molar-refractivity contribution in [2.45, 2.75) is 26.0 Å². The summed E-state index contributed by atoms with van der Waals surface area (Å²) in [6, 6.07) is 5.60. The van der Waals surface area contributed by atoms with Crippen LogP contribution in [-0.2, 0) is 0 Å². The van der Waals surface area contributed by atoms with Crippen molar-refractivity contribution in [2.24, 2.45) is 0 Å². The van der Waals surface area contributed by atoms with Crippen molar-refractivity contribution in [2.75, 3.05) is 20.1 Å². The van der Waals surface area contributed by atoms with Gasteiger partial charge in [-0.15, -0.1) is 0 Å². The summed E-state index contributed by atoms with van der Waals surface area (Å²) in [5, 5.41) is 12.9. The molecule has 0 spiro atoms. The van der Waals surface area contributed by atoms with Crippen LogP contribution in [0.2, 0.25) is 0 Å². The lowest BCUT2D eigenvalue weighted by Crippen LogP contribution is -2.44. The first-order valence-corrected chi connectivity index (χ1v) is 6.24. The van der Waals surface area contributed by atoms with Crippen LogP contribution in [0.1, 0.15) is 21.5 Å². The van der Waals surface area contributed by atoms with Crippen molar-refractivity contribution >= 4 is 5.91 Å². The quantitative estimate of drug-likeness (QED) is 0.810. The van der Waals surface area contributed by atoms with Gasteiger partial charge in [0.1, 0.15) is 0 Å². The second-order valence-electron chi connectivity index (χ2n) is 4.96. The predicted octanol–water partition coefficient (Wildman–Crippen LogP) is 0.708. The van der Waals surface area contributed by atoms with Gasteiger partial charge in [0.15, 0.2) is 0 Å². The van der Waals surface area contributed by atoms with E-state index in [4.69, 9.17) is 0 Å². The molecule has 1 aliphatic rings. The van der Waals surface area contributed by atoms with Gasteiger partial charge in [-0.3, -0.25) is 4.79 Å². The maximum atomic E-state index is 12.4. The first kappa shape index (κ1) is 13.1. The van der Waals surface area contributed by atoms with Gasteiger partial charge in [-0.1, -0.05) is 12.1 Å². The second kappa shape index (κ2) is 5.08. The first-order chi connectivity index (χ1) is 8.52. The summed E-state index contributed by atoms with van der Waals surface area (Å²) in [5.41, 5.74) is 2.84. The Kier molecular flexibility index (Phi) is 3.68. The summed E-state index contributed by atoms with van der Waals surface area (Å²) >= 11 is 0. The molecule has 0 aliphatic carbocycles. The number of aliphatic hydroxyl groups excluding tert-OH is 1. The van der Waals surface area contributed by atoms with Crippen molar-refractivity contribution in [1.29, 1.82) is 0 Å². The molecule has 1 amide bonds. The zero-order valence-electron chi connectivity index (χ0n) is 11.1. The number of aryl methyl sites for hydroxylation is 1. The van der Waals surface area contributed by atoms with E-state index >= 15 is 0 Å². The number of β-amino-alcohol motifs (C(OH)–C–C–N with tert-alkyl or cyclic N) is 1. The van der Waals surface area contributed by atoms with Gasteiger partial charge in [-0.25, -0.2) is 0 Å². The van der Waals surface area contributed by atoms with Crippen LogP contribution in [0.25, 0.3) is 0 Å². The molecule has 1 aromatic rings. The van der Waals surface area contributed by atoms with E-state index in [1.165, 1.54) is 0 Å². The lowest BCUT2D eigenvalue weighted by molar-refractivity contribution is 0.0580. The number of nitrogens with one attached hydrogen (secondary N) is 1. The van der Waals surface area contributed by atoms with E-state index in [1.54, 1.807) is 11.9 Å². The highest BCUT2D eigenvalue weighted by Crippen LogP contribution is 2.17. The maximum absolute atomic E-state index is 12.4. The van der Waals surface area contributed by atoms with Gasteiger partial charge in [0, 0.05) is 25.7 Å². The third-order valence-electron chi connectivity index (χ3n) is 3.80. The number of hydrogen-bond donors (Lipinski definition) is 2. The molecule has 4 nitrogen and oxygen atoms in total. The lowest BCUT2D eigenvalue weighted by Gasteiger charge is -2.27. The minimum atomic E-state index is -0.482. The summed E-state index contributed by atoms with van der Waals surface area (Å²) in [5.74, 6) is -0.0241. The highest BCUT2D eigenvalue weighted by molar-refractivity contribution is 5.96. The molecule has 98 valence electrons.